The Morgan fingerprint density at radius 3 is 2.65 bits per heavy atom. The second-order valence-corrected chi connectivity index (χ2v) is 7.05. The summed E-state index contributed by atoms with van der Waals surface area (Å²) in [6, 6.07) is 6.82. The summed E-state index contributed by atoms with van der Waals surface area (Å²) in [5, 5.41) is 15.8. The zero-order valence-electron chi connectivity index (χ0n) is 13.8. The molecule has 0 aliphatic carbocycles. The number of carbonyl (C=O) groups is 4. The van der Waals surface area contributed by atoms with Crippen LogP contribution in [0, 0.1) is 0 Å². The van der Waals surface area contributed by atoms with E-state index in [-0.39, 0.29) is 5.70 Å². The second-order valence-electron chi connectivity index (χ2n) is 5.94. The molecule has 136 valence electrons. The third-order valence-corrected chi connectivity index (χ3v) is 5.70. The molecule has 2 aliphatic heterocycles. The molecule has 26 heavy (non-hydrogen) atoms. The third kappa shape index (κ3) is 3.05. The highest BCUT2D eigenvalue weighted by Gasteiger charge is 2.52. The first-order valence-corrected chi connectivity index (χ1v) is 8.91. The summed E-state index contributed by atoms with van der Waals surface area (Å²) in [6.45, 7) is 1.63. The highest BCUT2D eigenvalue weighted by Crippen LogP contribution is 2.40. The number of carbonyl (C=O) groups excluding carboxylic acids is 4. The average molecular weight is 374 g/mol. The fourth-order valence-corrected chi connectivity index (χ4v) is 4.33. The van der Waals surface area contributed by atoms with E-state index in [1.165, 1.54) is 11.8 Å². The average Bonchev–Trinajstić information content (AvgIpc) is 2.64. The van der Waals surface area contributed by atoms with Crippen LogP contribution in [0.3, 0.4) is 0 Å². The number of fused-ring (bicyclic) bond motifs is 1. The maximum Gasteiger partial charge on any atom is 0.253 e. The summed E-state index contributed by atoms with van der Waals surface area (Å²) in [6.07, 6.45) is 0.418. The molecule has 0 saturated carbocycles. The molecular weight excluding hydrogens is 358 g/mol. The van der Waals surface area contributed by atoms with Gasteiger partial charge in [0.15, 0.2) is 0 Å². The van der Waals surface area contributed by atoms with Gasteiger partial charge in [-0.15, -0.1) is 11.8 Å². The van der Waals surface area contributed by atoms with Crippen molar-refractivity contribution in [2.75, 3.05) is 5.75 Å². The number of carboxylic acid groups (broad SMARTS) is 1. The molecule has 1 fully saturated rings. The molecule has 8 nitrogen and oxygen atoms in total. The predicted octanol–water partition coefficient (Wildman–Crippen LogP) is -1.10. The number of nitrogens with zero attached hydrogens (tertiary/aromatic N) is 1. The van der Waals surface area contributed by atoms with Gasteiger partial charge >= 0.3 is 0 Å². The van der Waals surface area contributed by atoms with Crippen LogP contribution in [-0.2, 0) is 19.2 Å². The van der Waals surface area contributed by atoms with Crippen LogP contribution in [0.25, 0.3) is 0 Å². The highest BCUT2D eigenvalue weighted by molar-refractivity contribution is 8.00. The predicted molar refractivity (Wildman–Crippen MR) is 91.1 cm³/mol. The standard InChI is InChI=1S/C17H17N3O5S/c1-9-7-26-16-12(15(23)20(16)13(9)17(24)25)19-14(22)11(18-8-21)10-5-3-2-4-6-10/h2-6,8,11-12,16H,7H2,1H3,(H,18,21)(H,19,22)(H,24,25)/p-1/t11?,12-,16-/m1/s1. The first-order valence-electron chi connectivity index (χ1n) is 7.86. The first kappa shape index (κ1) is 18.0. The van der Waals surface area contributed by atoms with Gasteiger partial charge in [0.1, 0.15) is 17.5 Å². The number of β-lactam (4-membered cyclic amide) rings is 1. The van der Waals surface area contributed by atoms with Gasteiger partial charge in [-0.1, -0.05) is 30.3 Å². The summed E-state index contributed by atoms with van der Waals surface area (Å²) in [7, 11) is 0. The molecular formula is C17H16N3O5S-. The lowest BCUT2D eigenvalue weighted by atomic mass is 10.0. The summed E-state index contributed by atoms with van der Waals surface area (Å²) in [5.74, 6) is -2.02. The van der Waals surface area contributed by atoms with Crippen LogP contribution in [0.4, 0.5) is 0 Å². The summed E-state index contributed by atoms with van der Waals surface area (Å²) in [4.78, 5) is 48.3. The molecule has 0 radical (unpaired) electrons. The molecule has 2 heterocycles. The van der Waals surface area contributed by atoms with Gasteiger partial charge in [-0.3, -0.25) is 19.3 Å². The van der Waals surface area contributed by atoms with Gasteiger partial charge in [0.2, 0.25) is 12.3 Å². The number of thioether (sulfide) groups is 1. The van der Waals surface area contributed by atoms with Crippen LogP contribution in [0.5, 0.6) is 0 Å². The van der Waals surface area contributed by atoms with Gasteiger partial charge in [0.05, 0.1) is 11.7 Å². The van der Waals surface area contributed by atoms with E-state index in [0.29, 0.717) is 23.3 Å². The quantitative estimate of drug-likeness (QED) is 0.482. The maximum absolute atomic E-state index is 12.6. The molecule has 1 aromatic rings. The lowest BCUT2D eigenvalue weighted by Crippen LogP contribution is -2.71. The highest BCUT2D eigenvalue weighted by atomic mass is 32.2. The zero-order chi connectivity index (χ0) is 18.8. The largest absolute Gasteiger partial charge is 0.543 e. The van der Waals surface area contributed by atoms with Crippen LogP contribution in [-0.4, -0.2) is 46.3 Å². The fraction of sp³-hybridized carbons (Fsp3) is 0.294. The van der Waals surface area contributed by atoms with E-state index < -0.39 is 35.2 Å². The normalized spacial score (nSPS) is 22.8. The molecule has 1 saturated heterocycles. The van der Waals surface area contributed by atoms with Crippen molar-refractivity contribution in [1.29, 1.82) is 0 Å². The van der Waals surface area contributed by atoms with E-state index in [4.69, 9.17) is 0 Å². The van der Waals surface area contributed by atoms with Crippen LogP contribution in [0.2, 0.25) is 0 Å². The minimum Gasteiger partial charge on any atom is -0.543 e. The van der Waals surface area contributed by atoms with Gasteiger partial charge in [0.25, 0.3) is 5.91 Å². The van der Waals surface area contributed by atoms with E-state index in [2.05, 4.69) is 10.6 Å². The monoisotopic (exact) mass is 374 g/mol. The van der Waals surface area contributed by atoms with Gasteiger partial charge in [0, 0.05) is 5.75 Å². The minimum absolute atomic E-state index is 0.130. The molecule has 1 unspecified atom stereocenters. The molecule has 0 spiro atoms. The van der Waals surface area contributed by atoms with E-state index >= 15 is 0 Å². The molecule has 1 aromatic carbocycles. The second kappa shape index (κ2) is 7.20. The van der Waals surface area contributed by atoms with Gasteiger partial charge in [-0.25, -0.2) is 0 Å². The number of nitrogens with one attached hydrogen (secondary N) is 2. The number of carboxylic acids is 1. The Labute approximate surface area is 153 Å². The fourth-order valence-electron chi connectivity index (χ4n) is 3.04. The van der Waals surface area contributed by atoms with E-state index in [1.807, 2.05) is 0 Å². The Kier molecular flexibility index (Phi) is 4.99. The number of hydrogen-bond acceptors (Lipinski definition) is 6. The van der Waals surface area contributed by atoms with Crippen molar-refractivity contribution in [2.45, 2.75) is 24.4 Å². The van der Waals surface area contributed by atoms with Crippen LogP contribution in [0.1, 0.15) is 18.5 Å². The molecule has 0 bridgehead atoms. The van der Waals surface area contributed by atoms with Crippen molar-refractivity contribution < 1.29 is 24.3 Å². The minimum atomic E-state index is -1.41. The molecule has 9 heteroatoms. The van der Waals surface area contributed by atoms with E-state index in [0.717, 1.165) is 4.90 Å². The summed E-state index contributed by atoms with van der Waals surface area (Å²) >= 11 is 1.37. The maximum atomic E-state index is 12.6. The topological polar surface area (TPSA) is 119 Å². The van der Waals surface area contributed by atoms with Crippen molar-refractivity contribution in [3.05, 3.63) is 47.2 Å². The van der Waals surface area contributed by atoms with Gasteiger partial charge < -0.3 is 20.5 Å². The SMILES string of the molecule is CC1=C(C(=O)[O-])N2C(=O)[C@@H](NC(=O)C(NC=O)c3ccccc3)[C@H]2SC1. The Morgan fingerprint density at radius 2 is 2.04 bits per heavy atom. The molecule has 3 rings (SSSR count). The van der Waals surface area contributed by atoms with E-state index in [1.54, 1.807) is 37.3 Å². The Bertz CT molecular complexity index is 795. The molecule has 2 N–H and O–H groups in total. The lowest BCUT2D eigenvalue weighted by Gasteiger charge is -2.50. The summed E-state index contributed by atoms with van der Waals surface area (Å²) in [5.41, 5.74) is 0.993. The van der Waals surface area contributed by atoms with Crippen molar-refractivity contribution in [3.8, 4) is 0 Å². The van der Waals surface area contributed by atoms with Crippen LogP contribution in [0.15, 0.2) is 41.6 Å². The summed E-state index contributed by atoms with van der Waals surface area (Å²) < 4.78 is 0. The van der Waals surface area contributed by atoms with E-state index in [9.17, 15) is 24.3 Å². The number of aliphatic carboxylic acids is 1. The molecule has 2 aliphatic rings. The zero-order valence-corrected chi connectivity index (χ0v) is 14.6. The molecule has 0 aromatic heterocycles. The van der Waals surface area contributed by atoms with Crippen molar-refractivity contribution >= 4 is 36.0 Å². The number of rotatable bonds is 6. The van der Waals surface area contributed by atoms with Crippen LogP contribution < -0.4 is 15.7 Å². The Balaban J connectivity index is 1.76. The van der Waals surface area contributed by atoms with Crippen LogP contribution >= 0.6 is 11.8 Å². The van der Waals surface area contributed by atoms with Crippen molar-refractivity contribution in [3.63, 3.8) is 0 Å². The number of benzene rings is 1. The third-order valence-electron chi connectivity index (χ3n) is 4.28. The first-order chi connectivity index (χ1) is 12.5. The van der Waals surface area contributed by atoms with Gasteiger partial charge in [-0.2, -0.15) is 0 Å². The lowest BCUT2D eigenvalue weighted by molar-refractivity contribution is -0.301. The van der Waals surface area contributed by atoms with Crippen molar-refractivity contribution in [2.24, 2.45) is 0 Å². The Morgan fingerprint density at radius 1 is 1.35 bits per heavy atom. The number of amides is 3. The Hall–Kier alpha value is -2.81. The molecule has 3 atom stereocenters. The van der Waals surface area contributed by atoms with Gasteiger partial charge in [-0.05, 0) is 18.1 Å². The van der Waals surface area contributed by atoms with Crippen molar-refractivity contribution in [1.82, 2.24) is 15.5 Å². The number of hydrogen-bond donors (Lipinski definition) is 2. The molecule has 3 amide bonds. The smallest absolute Gasteiger partial charge is 0.253 e.